The predicted molar refractivity (Wildman–Crippen MR) is 182 cm³/mol. The van der Waals surface area contributed by atoms with Crippen LogP contribution in [-0.2, 0) is 64.8 Å². The van der Waals surface area contributed by atoms with Crippen LogP contribution in [-0.4, -0.2) is 54.2 Å². The molecule has 59 heavy (non-hydrogen) atoms. The Hall–Kier alpha value is -4.24. The highest BCUT2D eigenvalue weighted by molar-refractivity contribution is 8.04. The fourth-order valence-electron chi connectivity index (χ4n) is 5.20. The molecule has 0 spiro atoms. The zero-order chi connectivity index (χ0) is 44.6. The SMILES string of the molecule is O=S(=O)(c1cccc(C(F)(F)F)c1)N(CCCCCN(S(=O)(=O)c1cccc(C(F)(F)F)c1)S(=O)(=O)c1cccc(C(F)(F)F)c1)S(=O)(=O)c1cccc(C(F)(F)F)c1. The van der Waals surface area contributed by atoms with Gasteiger partial charge in [-0.05, 0) is 85.6 Å². The Morgan fingerprint density at radius 3 is 0.729 bits per heavy atom. The molecule has 4 rings (SSSR count). The molecule has 0 atom stereocenters. The average Bonchev–Trinajstić information content (AvgIpc) is 3.13. The van der Waals surface area contributed by atoms with Gasteiger partial charge in [0.25, 0.3) is 40.1 Å². The third kappa shape index (κ3) is 10.7. The van der Waals surface area contributed by atoms with E-state index in [0.717, 1.165) is 0 Å². The number of nitrogens with zero attached hydrogens (tertiary/aromatic N) is 2. The van der Waals surface area contributed by atoms with Crippen molar-refractivity contribution in [3.8, 4) is 0 Å². The zero-order valence-corrected chi connectivity index (χ0v) is 32.4. The molecule has 0 saturated carbocycles. The molecule has 26 heteroatoms. The van der Waals surface area contributed by atoms with Crippen molar-refractivity contribution >= 4 is 40.1 Å². The number of hydrogen-bond acceptors (Lipinski definition) is 8. The Labute approximate surface area is 328 Å². The van der Waals surface area contributed by atoms with Gasteiger partial charge in [0.1, 0.15) is 0 Å². The van der Waals surface area contributed by atoms with E-state index in [9.17, 15) is 86.4 Å². The van der Waals surface area contributed by atoms with Crippen LogP contribution in [0.2, 0.25) is 0 Å². The molecule has 0 fully saturated rings. The van der Waals surface area contributed by atoms with E-state index in [4.69, 9.17) is 0 Å². The van der Waals surface area contributed by atoms with Crippen molar-refractivity contribution in [3.05, 3.63) is 119 Å². The van der Waals surface area contributed by atoms with E-state index >= 15 is 0 Å². The minimum atomic E-state index is -5.61. The second kappa shape index (κ2) is 16.7. The molecule has 0 aliphatic rings. The molecule has 0 radical (unpaired) electrons. The van der Waals surface area contributed by atoms with Gasteiger partial charge in [0.05, 0.1) is 41.8 Å². The van der Waals surface area contributed by atoms with Gasteiger partial charge in [-0.25, -0.2) is 33.7 Å². The van der Waals surface area contributed by atoms with Crippen LogP contribution in [0.15, 0.2) is 117 Å². The second-order valence-electron chi connectivity index (χ2n) is 12.2. The first-order valence-corrected chi connectivity index (χ1v) is 21.8. The fraction of sp³-hybridized carbons (Fsp3) is 0.273. The summed E-state index contributed by atoms with van der Waals surface area (Å²) in [6.07, 6.45) is -22.8. The summed E-state index contributed by atoms with van der Waals surface area (Å²) in [6.45, 7) is -2.56. The topological polar surface area (TPSA) is 143 Å². The number of sulfonamides is 4. The molecule has 0 aliphatic carbocycles. The van der Waals surface area contributed by atoms with Gasteiger partial charge < -0.3 is 0 Å². The van der Waals surface area contributed by atoms with Crippen LogP contribution in [0.4, 0.5) is 52.7 Å². The summed E-state index contributed by atoms with van der Waals surface area (Å²) in [5.41, 5.74) is -6.28. The Kier molecular flexibility index (Phi) is 13.4. The average molecular weight is 935 g/mol. The molecular formula is C33H26F12N2O8S4. The predicted octanol–water partition coefficient (Wildman–Crippen LogP) is 8.39. The molecule has 10 nitrogen and oxygen atoms in total. The number of halogens is 12. The summed E-state index contributed by atoms with van der Waals surface area (Å²) in [7, 11) is -22.5. The van der Waals surface area contributed by atoms with E-state index in [2.05, 4.69) is 0 Å². The van der Waals surface area contributed by atoms with Crippen LogP contribution in [0.1, 0.15) is 41.5 Å². The van der Waals surface area contributed by atoms with Gasteiger partial charge in [-0.3, -0.25) is 0 Å². The van der Waals surface area contributed by atoms with E-state index in [1.807, 2.05) is 0 Å². The maximum Gasteiger partial charge on any atom is 0.416 e. The first kappa shape index (κ1) is 47.4. The van der Waals surface area contributed by atoms with Crippen molar-refractivity contribution in [2.45, 2.75) is 63.5 Å². The molecule has 0 aliphatic heterocycles. The molecule has 0 amide bonds. The monoisotopic (exact) mass is 934 g/mol. The lowest BCUT2D eigenvalue weighted by Crippen LogP contribution is -2.39. The molecule has 0 heterocycles. The van der Waals surface area contributed by atoms with E-state index < -0.39 is 146 Å². The highest BCUT2D eigenvalue weighted by Crippen LogP contribution is 2.37. The first-order chi connectivity index (χ1) is 26.8. The van der Waals surface area contributed by atoms with E-state index in [1.54, 1.807) is 0 Å². The lowest BCUT2D eigenvalue weighted by Gasteiger charge is -2.24. The zero-order valence-electron chi connectivity index (χ0n) is 29.1. The largest absolute Gasteiger partial charge is 0.416 e. The maximum absolute atomic E-state index is 13.7. The summed E-state index contributed by atoms with van der Waals surface area (Å²) in [4.78, 5) is -5.14. The fourth-order valence-corrected chi connectivity index (χ4v) is 12.8. The second-order valence-corrected chi connectivity index (χ2v) is 20.1. The number of alkyl halides is 12. The van der Waals surface area contributed by atoms with Crippen molar-refractivity contribution in [3.63, 3.8) is 0 Å². The molecule has 0 saturated heterocycles. The Bertz CT molecular complexity index is 2270. The third-order valence-electron chi connectivity index (χ3n) is 8.09. The molecule has 4 aromatic rings. The van der Waals surface area contributed by atoms with Crippen molar-refractivity contribution in [2.75, 3.05) is 13.1 Å². The van der Waals surface area contributed by atoms with Gasteiger partial charge in [-0.2, -0.15) is 52.7 Å². The lowest BCUT2D eigenvalue weighted by atomic mass is 10.2. The summed E-state index contributed by atoms with van der Waals surface area (Å²) in [5.74, 6) is 0. The van der Waals surface area contributed by atoms with Crippen LogP contribution in [0.25, 0.3) is 0 Å². The van der Waals surface area contributed by atoms with Gasteiger partial charge >= 0.3 is 24.7 Å². The lowest BCUT2D eigenvalue weighted by molar-refractivity contribution is -0.138. The van der Waals surface area contributed by atoms with Crippen molar-refractivity contribution < 1.29 is 86.4 Å². The smallest absolute Gasteiger partial charge is 0.206 e. The van der Waals surface area contributed by atoms with Gasteiger partial charge in [-0.1, -0.05) is 38.1 Å². The molecule has 0 aromatic heterocycles. The van der Waals surface area contributed by atoms with Crippen molar-refractivity contribution in [2.24, 2.45) is 0 Å². The third-order valence-corrected chi connectivity index (χ3v) is 16.7. The highest BCUT2D eigenvalue weighted by Gasteiger charge is 2.42. The van der Waals surface area contributed by atoms with Gasteiger partial charge in [0.15, 0.2) is 0 Å². The number of unbranched alkanes of at least 4 members (excludes halogenated alkanes) is 2. The van der Waals surface area contributed by atoms with E-state index in [0.29, 0.717) is 72.8 Å². The van der Waals surface area contributed by atoms with Gasteiger partial charge in [0.2, 0.25) is 0 Å². The molecule has 324 valence electrons. The molecule has 4 aromatic carbocycles. The molecular weight excluding hydrogens is 909 g/mol. The summed E-state index contributed by atoms with van der Waals surface area (Å²) < 4.78 is 270. The van der Waals surface area contributed by atoms with Crippen LogP contribution < -0.4 is 0 Å². The van der Waals surface area contributed by atoms with Crippen molar-refractivity contribution in [1.29, 1.82) is 0 Å². The van der Waals surface area contributed by atoms with Crippen LogP contribution in [0, 0.1) is 0 Å². The van der Waals surface area contributed by atoms with Crippen LogP contribution >= 0.6 is 0 Å². The van der Waals surface area contributed by atoms with Crippen molar-refractivity contribution in [1.82, 2.24) is 7.42 Å². The Morgan fingerprint density at radius 2 is 0.542 bits per heavy atom. The van der Waals surface area contributed by atoms with Crippen LogP contribution in [0.5, 0.6) is 0 Å². The minimum Gasteiger partial charge on any atom is -0.206 e. The minimum absolute atomic E-state index is 0.0408. The number of rotatable bonds is 14. The van der Waals surface area contributed by atoms with Crippen LogP contribution in [0.3, 0.4) is 0 Å². The summed E-state index contributed by atoms with van der Waals surface area (Å²) >= 11 is 0. The summed E-state index contributed by atoms with van der Waals surface area (Å²) in [5, 5.41) is 0. The Balaban J connectivity index is 1.74. The maximum atomic E-state index is 13.7. The van der Waals surface area contributed by atoms with E-state index in [-0.39, 0.29) is 24.3 Å². The molecule has 0 N–H and O–H groups in total. The number of benzene rings is 4. The normalized spacial score (nSPS) is 13.9. The van der Waals surface area contributed by atoms with Gasteiger partial charge in [-0.15, -0.1) is 0 Å². The summed E-state index contributed by atoms with van der Waals surface area (Å²) in [6, 6.07) is 6.44. The van der Waals surface area contributed by atoms with Gasteiger partial charge in [0, 0.05) is 13.1 Å². The molecule has 0 unspecified atom stereocenters. The Morgan fingerprint density at radius 1 is 0.339 bits per heavy atom. The first-order valence-electron chi connectivity index (χ1n) is 16.1. The highest BCUT2D eigenvalue weighted by atomic mass is 32.3. The quantitative estimate of drug-likeness (QED) is 0.0907. The molecule has 0 bridgehead atoms. The number of hydrogen-bond donors (Lipinski definition) is 0. The van der Waals surface area contributed by atoms with E-state index in [1.165, 1.54) is 0 Å². The standard InChI is InChI=1S/C33H26F12N2O8S4/c34-30(35,36)22-8-4-12-26(18-22)56(48,49)46(57(50,51)27-13-5-9-23(19-27)31(37,38)39)16-2-1-3-17-47(58(52,53)28-14-6-10-24(20-28)32(40,41)42)59(54,55)29-15-7-11-25(21-29)33(43,44)45/h4-15,18-21H,1-3,16-17H2.